The standard InChI is InChI=1S/C18H27NO4/c1-5-8-19(12-13-6-7-13)17(20)11-14-9-15(21-2)18(23-4)16(10-14)22-3/h9-10,13H,5-8,11-12H2,1-4H3. The molecule has 0 radical (unpaired) electrons. The van der Waals surface area contributed by atoms with Crippen molar-refractivity contribution in [2.45, 2.75) is 32.6 Å². The van der Waals surface area contributed by atoms with Gasteiger partial charge in [0.1, 0.15) is 0 Å². The van der Waals surface area contributed by atoms with Crippen molar-refractivity contribution in [3.8, 4) is 17.2 Å². The summed E-state index contributed by atoms with van der Waals surface area (Å²) in [5.41, 5.74) is 0.876. The summed E-state index contributed by atoms with van der Waals surface area (Å²) in [5, 5.41) is 0. The summed E-state index contributed by atoms with van der Waals surface area (Å²) < 4.78 is 16.0. The molecule has 1 amide bonds. The Labute approximate surface area is 138 Å². The lowest BCUT2D eigenvalue weighted by Gasteiger charge is -2.22. The van der Waals surface area contributed by atoms with Gasteiger partial charge in [-0.1, -0.05) is 6.92 Å². The molecule has 1 saturated carbocycles. The quantitative estimate of drug-likeness (QED) is 0.702. The first-order valence-corrected chi connectivity index (χ1v) is 8.19. The summed E-state index contributed by atoms with van der Waals surface area (Å²) in [4.78, 5) is 14.6. The number of amides is 1. The van der Waals surface area contributed by atoms with Crippen LogP contribution in [0.5, 0.6) is 17.2 Å². The summed E-state index contributed by atoms with van der Waals surface area (Å²) in [5.74, 6) is 2.57. The zero-order valence-corrected chi connectivity index (χ0v) is 14.6. The predicted octanol–water partition coefficient (Wildman–Crippen LogP) is 2.90. The average Bonchev–Trinajstić information content (AvgIpc) is 3.37. The third-order valence-electron chi connectivity index (χ3n) is 4.10. The van der Waals surface area contributed by atoms with E-state index in [2.05, 4.69) is 6.92 Å². The lowest BCUT2D eigenvalue weighted by molar-refractivity contribution is -0.130. The van der Waals surface area contributed by atoms with Crippen LogP contribution in [0.2, 0.25) is 0 Å². The highest BCUT2D eigenvalue weighted by molar-refractivity contribution is 5.79. The first-order valence-electron chi connectivity index (χ1n) is 8.19. The molecule has 2 rings (SSSR count). The van der Waals surface area contributed by atoms with Crippen molar-refractivity contribution >= 4 is 5.91 Å². The molecule has 0 N–H and O–H groups in total. The Morgan fingerprint density at radius 2 is 1.74 bits per heavy atom. The molecule has 1 aromatic rings. The van der Waals surface area contributed by atoms with Crippen molar-refractivity contribution in [1.29, 1.82) is 0 Å². The van der Waals surface area contributed by atoms with Crippen LogP contribution in [-0.4, -0.2) is 45.2 Å². The molecule has 5 nitrogen and oxygen atoms in total. The molecule has 0 aliphatic heterocycles. The number of ether oxygens (including phenoxy) is 3. The fourth-order valence-electron chi connectivity index (χ4n) is 2.72. The van der Waals surface area contributed by atoms with Crippen molar-refractivity contribution in [2.75, 3.05) is 34.4 Å². The van der Waals surface area contributed by atoms with Crippen LogP contribution in [0.25, 0.3) is 0 Å². The normalized spacial score (nSPS) is 13.6. The van der Waals surface area contributed by atoms with E-state index in [-0.39, 0.29) is 5.91 Å². The van der Waals surface area contributed by atoms with E-state index < -0.39 is 0 Å². The minimum Gasteiger partial charge on any atom is -0.493 e. The molecule has 128 valence electrons. The Kier molecular flexibility index (Phi) is 6.13. The second-order valence-corrected chi connectivity index (χ2v) is 5.99. The van der Waals surface area contributed by atoms with E-state index >= 15 is 0 Å². The lowest BCUT2D eigenvalue weighted by atomic mass is 10.1. The molecule has 23 heavy (non-hydrogen) atoms. The van der Waals surface area contributed by atoms with E-state index in [1.54, 1.807) is 21.3 Å². The molecular weight excluding hydrogens is 294 g/mol. The van der Waals surface area contributed by atoms with Gasteiger partial charge in [-0.25, -0.2) is 0 Å². The molecule has 0 saturated heterocycles. The van der Waals surface area contributed by atoms with Gasteiger partial charge in [0.15, 0.2) is 11.5 Å². The molecule has 0 heterocycles. The van der Waals surface area contributed by atoms with E-state index in [0.717, 1.165) is 25.1 Å². The smallest absolute Gasteiger partial charge is 0.227 e. The van der Waals surface area contributed by atoms with Crippen molar-refractivity contribution in [2.24, 2.45) is 5.92 Å². The summed E-state index contributed by atoms with van der Waals surface area (Å²) >= 11 is 0. The van der Waals surface area contributed by atoms with Crippen molar-refractivity contribution in [3.63, 3.8) is 0 Å². The number of carbonyl (C=O) groups excluding carboxylic acids is 1. The van der Waals surface area contributed by atoms with Gasteiger partial charge in [-0.2, -0.15) is 0 Å². The van der Waals surface area contributed by atoms with Crippen molar-refractivity contribution < 1.29 is 19.0 Å². The molecule has 1 aliphatic rings. The van der Waals surface area contributed by atoms with Gasteiger partial charge in [-0.3, -0.25) is 4.79 Å². The Bertz CT molecular complexity index is 515. The van der Waals surface area contributed by atoms with Gasteiger partial charge in [-0.05, 0) is 42.9 Å². The van der Waals surface area contributed by atoms with Crippen LogP contribution < -0.4 is 14.2 Å². The second kappa shape index (κ2) is 8.09. The summed E-state index contributed by atoms with van der Waals surface area (Å²) in [6.45, 7) is 3.81. The molecule has 5 heteroatoms. The number of benzene rings is 1. The van der Waals surface area contributed by atoms with Crippen LogP contribution in [0.15, 0.2) is 12.1 Å². The second-order valence-electron chi connectivity index (χ2n) is 5.99. The van der Waals surface area contributed by atoms with Gasteiger partial charge in [0, 0.05) is 13.1 Å². The van der Waals surface area contributed by atoms with Crippen molar-refractivity contribution in [1.82, 2.24) is 4.90 Å². The highest BCUT2D eigenvalue weighted by Gasteiger charge is 2.26. The van der Waals surface area contributed by atoms with Gasteiger partial charge in [0.25, 0.3) is 0 Å². The third kappa shape index (κ3) is 4.53. The number of hydrogen-bond acceptors (Lipinski definition) is 4. The molecule has 1 aromatic carbocycles. The van der Waals surface area contributed by atoms with Crippen LogP contribution >= 0.6 is 0 Å². The zero-order chi connectivity index (χ0) is 16.8. The van der Waals surface area contributed by atoms with Crippen molar-refractivity contribution in [3.05, 3.63) is 17.7 Å². The topological polar surface area (TPSA) is 48.0 Å². The Balaban J connectivity index is 2.15. The van der Waals surface area contributed by atoms with E-state index in [0.29, 0.717) is 29.6 Å². The third-order valence-corrected chi connectivity index (χ3v) is 4.10. The van der Waals surface area contributed by atoms with Gasteiger partial charge in [-0.15, -0.1) is 0 Å². The molecule has 1 fully saturated rings. The highest BCUT2D eigenvalue weighted by Crippen LogP contribution is 2.38. The summed E-state index contributed by atoms with van der Waals surface area (Å²) in [6.07, 6.45) is 3.83. The van der Waals surface area contributed by atoms with Crippen LogP contribution in [0, 0.1) is 5.92 Å². The largest absolute Gasteiger partial charge is 0.493 e. The molecule has 0 unspecified atom stereocenters. The Morgan fingerprint density at radius 1 is 1.13 bits per heavy atom. The van der Waals surface area contributed by atoms with E-state index in [4.69, 9.17) is 14.2 Å². The monoisotopic (exact) mass is 321 g/mol. The van der Waals surface area contributed by atoms with Crippen LogP contribution in [0.1, 0.15) is 31.7 Å². The molecular formula is C18H27NO4. The van der Waals surface area contributed by atoms with Crippen LogP contribution in [-0.2, 0) is 11.2 Å². The van der Waals surface area contributed by atoms with E-state index in [1.165, 1.54) is 12.8 Å². The molecule has 0 bridgehead atoms. The minimum absolute atomic E-state index is 0.160. The van der Waals surface area contributed by atoms with Crippen LogP contribution in [0.4, 0.5) is 0 Å². The fraction of sp³-hybridized carbons (Fsp3) is 0.611. The maximum atomic E-state index is 12.6. The number of hydrogen-bond donors (Lipinski definition) is 0. The molecule has 0 spiro atoms. The maximum Gasteiger partial charge on any atom is 0.227 e. The number of rotatable bonds is 9. The van der Waals surface area contributed by atoms with Gasteiger partial charge in [0.2, 0.25) is 11.7 Å². The van der Waals surface area contributed by atoms with Gasteiger partial charge < -0.3 is 19.1 Å². The zero-order valence-electron chi connectivity index (χ0n) is 14.6. The molecule has 1 aliphatic carbocycles. The summed E-state index contributed by atoms with van der Waals surface area (Å²) in [7, 11) is 4.74. The first kappa shape index (κ1) is 17.4. The van der Waals surface area contributed by atoms with Gasteiger partial charge in [0.05, 0.1) is 27.8 Å². The average molecular weight is 321 g/mol. The number of carbonyl (C=O) groups is 1. The Hall–Kier alpha value is -1.91. The minimum atomic E-state index is 0.160. The van der Waals surface area contributed by atoms with Gasteiger partial charge >= 0.3 is 0 Å². The fourth-order valence-corrected chi connectivity index (χ4v) is 2.72. The lowest BCUT2D eigenvalue weighted by Crippen LogP contribution is -2.34. The molecule has 0 aromatic heterocycles. The van der Waals surface area contributed by atoms with E-state index in [1.807, 2.05) is 17.0 Å². The predicted molar refractivity (Wildman–Crippen MR) is 89.4 cm³/mol. The first-order chi connectivity index (χ1) is 11.1. The Morgan fingerprint density at radius 3 is 2.17 bits per heavy atom. The molecule has 0 atom stereocenters. The summed E-state index contributed by atoms with van der Waals surface area (Å²) in [6, 6.07) is 3.70. The SMILES string of the molecule is CCCN(CC1CC1)C(=O)Cc1cc(OC)c(OC)c(OC)c1. The highest BCUT2D eigenvalue weighted by atomic mass is 16.5. The number of nitrogens with zero attached hydrogens (tertiary/aromatic N) is 1. The van der Waals surface area contributed by atoms with Crippen LogP contribution in [0.3, 0.4) is 0 Å². The number of methoxy groups -OCH3 is 3. The maximum absolute atomic E-state index is 12.6. The van der Waals surface area contributed by atoms with E-state index in [9.17, 15) is 4.79 Å².